The molecule has 0 saturated carbocycles. The minimum absolute atomic E-state index is 0.0459. The Morgan fingerprint density at radius 2 is 1.91 bits per heavy atom. The molecule has 4 aromatic rings. The van der Waals surface area contributed by atoms with Crippen molar-refractivity contribution in [2.24, 2.45) is 5.73 Å². The van der Waals surface area contributed by atoms with Gasteiger partial charge in [-0.15, -0.1) is 11.8 Å². The molecule has 0 amide bonds. The number of nitrogens with zero attached hydrogens (tertiary/aromatic N) is 2. The molecule has 3 aromatic carbocycles. The van der Waals surface area contributed by atoms with Crippen molar-refractivity contribution in [3.05, 3.63) is 75.0 Å². The number of benzene rings is 3. The number of fused-ring (bicyclic) bond motifs is 11. The molecule has 1 spiro atoms. The van der Waals surface area contributed by atoms with Gasteiger partial charge >= 0.3 is 11.9 Å². The molecule has 0 radical (unpaired) electrons. The smallest absolute Gasteiger partial charge is 0.333 e. The molecule has 1 aromatic heterocycles. The van der Waals surface area contributed by atoms with Crippen LogP contribution in [0.25, 0.3) is 10.9 Å². The lowest BCUT2D eigenvalue weighted by molar-refractivity contribution is -0.196. The van der Waals surface area contributed by atoms with Gasteiger partial charge in [-0.3, -0.25) is 19.9 Å². The lowest BCUT2D eigenvalue weighted by atomic mass is 9.75. The maximum atomic E-state index is 15.1. The molecule has 8 aliphatic rings. The Morgan fingerprint density at radius 1 is 1.12 bits per heavy atom. The van der Waals surface area contributed by atoms with Crippen LogP contribution in [-0.2, 0) is 31.8 Å². The summed E-state index contributed by atoms with van der Waals surface area (Å²) in [5, 5.41) is 29.5. The van der Waals surface area contributed by atoms with Crippen LogP contribution in [0.1, 0.15) is 82.2 Å². The monoisotopic (exact) mass is 795 g/mol. The number of esters is 2. The Kier molecular flexibility index (Phi) is 7.37. The predicted molar refractivity (Wildman–Crippen MR) is 209 cm³/mol. The molecule has 9 heterocycles. The van der Waals surface area contributed by atoms with Crippen molar-refractivity contribution in [1.29, 1.82) is 0 Å². The molecule has 8 aliphatic heterocycles. The first-order valence-corrected chi connectivity index (χ1v) is 20.6. The van der Waals surface area contributed by atoms with Crippen molar-refractivity contribution < 1.29 is 43.5 Å². The standard InChI is InChI=1S/C42H45N5O9S/c1-18-10-24-27(32(49)33(18)52-5)30-31-37-29-28(36-35(54-17-55-36)19(2)34(29)56-20(3)48)26(47(31)41(51)14-40(24,4)46(30)15-41)13-53-39(50)42(16-57-37)38-23(11-21(12-43)45-42)22-8-6-7-9-25(22)44-38/h6-10,21,26,30-31,37,44-45,49,51H,11-17,43H2,1-5H3/t21-,26-,30+,31?,37+,40?,41?,42+/m0/s1. The van der Waals surface area contributed by atoms with Crippen LogP contribution in [0.3, 0.4) is 0 Å². The lowest BCUT2D eigenvalue weighted by Crippen LogP contribution is -2.68. The molecule has 8 atom stereocenters. The van der Waals surface area contributed by atoms with Crippen molar-refractivity contribution in [3.63, 3.8) is 0 Å². The van der Waals surface area contributed by atoms with Gasteiger partial charge in [0, 0.05) is 83.0 Å². The second-order valence-corrected chi connectivity index (χ2v) is 18.1. The zero-order valence-electron chi connectivity index (χ0n) is 32.4. The second kappa shape index (κ2) is 11.8. The second-order valence-electron chi connectivity index (χ2n) is 16.9. The number of nitrogens with one attached hydrogen (secondary N) is 2. The Hall–Kier alpha value is -4.51. The number of phenols is 1. The molecule has 14 nitrogen and oxygen atoms in total. The molecule has 0 aliphatic carbocycles. The number of hydrogen-bond donors (Lipinski definition) is 5. The fraction of sp³-hybridized carbons (Fsp3) is 0.476. The van der Waals surface area contributed by atoms with Crippen LogP contribution < -0.4 is 30.0 Å². The molecule has 3 fully saturated rings. The third-order valence-corrected chi connectivity index (χ3v) is 15.4. The number of aromatic hydroxyl groups is 1. The summed E-state index contributed by atoms with van der Waals surface area (Å²) in [6, 6.07) is 8.14. The van der Waals surface area contributed by atoms with Crippen LogP contribution in [0.2, 0.25) is 0 Å². The summed E-state index contributed by atoms with van der Waals surface area (Å²) in [4.78, 5) is 36.1. The zero-order valence-corrected chi connectivity index (χ0v) is 33.2. The number of ether oxygens (including phenoxy) is 5. The number of piperazine rings is 1. The highest BCUT2D eigenvalue weighted by Gasteiger charge is 2.72. The molecule has 3 unspecified atom stereocenters. The van der Waals surface area contributed by atoms with E-state index in [4.69, 9.17) is 29.4 Å². The number of aryl methyl sites for hydroxylation is 1. The van der Waals surface area contributed by atoms with Gasteiger partial charge in [-0.2, -0.15) is 0 Å². The van der Waals surface area contributed by atoms with Crippen molar-refractivity contribution in [2.45, 2.75) is 86.8 Å². The number of aliphatic hydroxyl groups is 1. The lowest BCUT2D eigenvalue weighted by Gasteiger charge is -2.59. The Bertz CT molecular complexity index is 2470. The van der Waals surface area contributed by atoms with Gasteiger partial charge in [0.1, 0.15) is 18.1 Å². The number of nitrogens with two attached hydrogens (primary N) is 1. The third-order valence-electron chi connectivity index (χ3n) is 13.9. The van der Waals surface area contributed by atoms with Crippen molar-refractivity contribution in [3.8, 4) is 28.7 Å². The highest BCUT2D eigenvalue weighted by atomic mass is 32.2. The summed E-state index contributed by atoms with van der Waals surface area (Å²) in [6.07, 6.45) is 0.951. The van der Waals surface area contributed by atoms with Gasteiger partial charge in [0.2, 0.25) is 6.79 Å². The van der Waals surface area contributed by atoms with Crippen LogP contribution in [0, 0.1) is 13.8 Å². The minimum Gasteiger partial charge on any atom is -0.504 e. The number of carbonyl (C=O) groups is 2. The SMILES string of the molecule is COc1c(C)cc2c(c1O)[C@@H]1C3[C@@H]4SC[C@]5(N[C@H](CN)Cc6c5[nH]c5ccccc65)C(=O)OC[C@@H](c5c6c(c(C)c(OC(C)=O)c54)OCO6)N3C3(O)CN1C2(C)C3. The molecular weight excluding hydrogens is 751 g/mol. The fourth-order valence-corrected chi connectivity index (χ4v) is 13.5. The minimum atomic E-state index is -1.39. The van der Waals surface area contributed by atoms with Crippen LogP contribution >= 0.6 is 11.8 Å². The highest BCUT2D eigenvalue weighted by Crippen LogP contribution is 2.71. The first-order valence-electron chi connectivity index (χ1n) is 19.5. The number of para-hydroxylation sites is 1. The Balaban J connectivity index is 1.19. The molecule has 3 saturated heterocycles. The summed E-state index contributed by atoms with van der Waals surface area (Å²) in [5.41, 5.74) is 10.2. The number of H-pyrrole nitrogens is 1. The number of phenolic OH excluding ortho intramolecular Hbond substituents is 1. The van der Waals surface area contributed by atoms with Gasteiger partial charge in [0.05, 0.1) is 30.1 Å². The van der Waals surface area contributed by atoms with E-state index in [9.17, 15) is 15.0 Å². The number of methoxy groups -OCH3 is 1. The van der Waals surface area contributed by atoms with E-state index in [1.165, 1.54) is 18.7 Å². The molecule has 15 heteroatoms. The first kappa shape index (κ1) is 35.6. The van der Waals surface area contributed by atoms with E-state index in [-0.39, 0.29) is 37.5 Å². The maximum Gasteiger partial charge on any atom is 0.333 e. The van der Waals surface area contributed by atoms with Crippen LogP contribution in [-0.4, -0.2) is 94.1 Å². The van der Waals surface area contributed by atoms with E-state index in [0.29, 0.717) is 53.5 Å². The molecular formula is C42H45N5O9S. The van der Waals surface area contributed by atoms with E-state index in [1.54, 1.807) is 7.11 Å². The van der Waals surface area contributed by atoms with Crippen molar-refractivity contribution in [2.75, 3.05) is 39.4 Å². The zero-order chi connectivity index (χ0) is 39.5. The third kappa shape index (κ3) is 4.39. The van der Waals surface area contributed by atoms with E-state index in [1.807, 2.05) is 32.0 Å². The van der Waals surface area contributed by atoms with Gasteiger partial charge in [-0.25, -0.2) is 4.79 Å². The van der Waals surface area contributed by atoms with Gasteiger partial charge in [-0.1, -0.05) is 18.2 Å². The average Bonchev–Trinajstić information content (AvgIpc) is 3.93. The van der Waals surface area contributed by atoms with Crippen LogP contribution in [0.5, 0.6) is 28.7 Å². The Labute approximate surface area is 332 Å². The topological polar surface area (TPSA) is 181 Å². The number of rotatable bonds is 3. The molecule has 57 heavy (non-hydrogen) atoms. The summed E-state index contributed by atoms with van der Waals surface area (Å²) < 4.78 is 30.9. The van der Waals surface area contributed by atoms with Gasteiger partial charge in [0.25, 0.3) is 0 Å². The number of carbonyl (C=O) groups excluding carboxylic acids is 2. The molecule has 4 bridgehead atoms. The summed E-state index contributed by atoms with van der Waals surface area (Å²) in [5.74, 6) is 1.01. The summed E-state index contributed by atoms with van der Waals surface area (Å²) in [7, 11) is 1.56. The van der Waals surface area contributed by atoms with E-state index in [2.05, 4.69) is 39.2 Å². The quantitative estimate of drug-likeness (QED) is 0.149. The fourth-order valence-electron chi connectivity index (χ4n) is 11.8. The first-order chi connectivity index (χ1) is 27.3. The van der Waals surface area contributed by atoms with Gasteiger partial charge in [-0.05, 0) is 56.0 Å². The van der Waals surface area contributed by atoms with Crippen LogP contribution in [0.15, 0.2) is 30.3 Å². The largest absolute Gasteiger partial charge is 0.504 e. The van der Waals surface area contributed by atoms with Crippen LogP contribution in [0.4, 0.5) is 0 Å². The average molecular weight is 796 g/mol. The highest BCUT2D eigenvalue weighted by molar-refractivity contribution is 7.99. The van der Waals surface area contributed by atoms with Crippen molar-refractivity contribution >= 4 is 34.6 Å². The Morgan fingerprint density at radius 3 is 2.68 bits per heavy atom. The normalized spacial score (nSPS) is 33.2. The van der Waals surface area contributed by atoms with E-state index in [0.717, 1.165) is 44.4 Å². The van der Waals surface area contributed by atoms with E-state index >= 15 is 4.79 Å². The summed E-state index contributed by atoms with van der Waals surface area (Å²) >= 11 is 1.53. The molecule has 6 N–H and O–H groups in total. The maximum absolute atomic E-state index is 15.1. The van der Waals surface area contributed by atoms with Crippen molar-refractivity contribution in [1.82, 2.24) is 20.1 Å². The van der Waals surface area contributed by atoms with E-state index < -0.39 is 52.1 Å². The number of thioether (sulfide) groups is 1. The summed E-state index contributed by atoms with van der Waals surface area (Å²) in [6.45, 7) is 7.65. The number of aromatic amines is 1. The van der Waals surface area contributed by atoms with Gasteiger partial charge in [0.15, 0.2) is 28.5 Å². The molecule has 12 rings (SSSR count). The predicted octanol–water partition coefficient (Wildman–Crippen LogP) is 3.96. The molecule has 298 valence electrons. The number of hydrogen-bond acceptors (Lipinski definition) is 14. The van der Waals surface area contributed by atoms with Gasteiger partial charge < -0.3 is 44.6 Å². The number of aromatic nitrogens is 1.